The van der Waals surface area contributed by atoms with Gasteiger partial charge in [0.15, 0.2) is 0 Å². The lowest BCUT2D eigenvalue weighted by Crippen LogP contribution is -2.38. The van der Waals surface area contributed by atoms with E-state index in [4.69, 9.17) is 0 Å². The number of amides is 2. The Morgan fingerprint density at radius 3 is 2.41 bits per heavy atom. The molecule has 0 saturated heterocycles. The Morgan fingerprint density at radius 2 is 1.88 bits per heavy atom. The van der Waals surface area contributed by atoms with Gasteiger partial charge in [0.1, 0.15) is 5.82 Å². The van der Waals surface area contributed by atoms with Crippen LogP contribution in [0.4, 0.5) is 4.39 Å². The van der Waals surface area contributed by atoms with Gasteiger partial charge in [0.2, 0.25) is 5.91 Å². The van der Waals surface area contributed by atoms with Crippen LogP contribution >= 0.6 is 0 Å². The van der Waals surface area contributed by atoms with Crippen molar-refractivity contribution in [3.05, 3.63) is 35.6 Å². The first-order chi connectivity index (χ1) is 8.04. The molecule has 0 saturated carbocycles. The largest absolute Gasteiger partial charge is 0.355 e. The lowest BCUT2D eigenvalue weighted by Gasteiger charge is -2.16. The van der Waals surface area contributed by atoms with E-state index in [0.29, 0.717) is 12.1 Å². The third-order valence-electron chi connectivity index (χ3n) is 2.19. The zero-order valence-electron chi connectivity index (χ0n) is 9.87. The maximum Gasteiger partial charge on any atom is 0.254 e. The molecule has 4 nitrogen and oxygen atoms in total. The number of carbonyl (C=O) groups excluding carboxylic acids is 2. The van der Waals surface area contributed by atoms with E-state index >= 15 is 0 Å². The predicted octanol–water partition coefficient (Wildman–Crippen LogP) is 1.03. The van der Waals surface area contributed by atoms with Gasteiger partial charge in [-0.3, -0.25) is 9.59 Å². The number of rotatable bonds is 4. The fourth-order valence-corrected chi connectivity index (χ4v) is 1.35. The minimum Gasteiger partial charge on any atom is -0.355 e. The third-order valence-corrected chi connectivity index (χ3v) is 2.19. The zero-order chi connectivity index (χ0) is 12.8. The zero-order valence-corrected chi connectivity index (χ0v) is 9.87. The molecule has 0 bridgehead atoms. The average molecular weight is 238 g/mol. The Balaban J connectivity index is 2.63. The summed E-state index contributed by atoms with van der Waals surface area (Å²) >= 11 is 0. The highest BCUT2D eigenvalue weighted by atomic mass is 19.1. The van der Waals surface area contributed by atoms with Crippen LogP contribution in [-0.4, -0.2) is 36.9 Å². The molecule has 0 aromatic heterocycles. The summed E-state index contributed by atoms with van der Waals surface area (Å²) < 4.78 is 12.7. The van der Waals surface area contributed by atoms with Crippen LogP contribution in [0.5, 0.6) is 0 Å². The number of halogens is 1. The molecule has 0 aliphatic heterocycles. The second-order valence-electron chi connectivity index (χ2n) is 3.62. The molecule has 0 radical (unpaired) electrons. The molecule has 1 aromatic rings. The summed E-state index contributed by atoms with van der Waals surface area (Å²) in [5, 5.41) is 2.60. The summed E-state index contributed by atoms with van der Waals surface area (Å²) in [5.41, 5.74) is 0.359. The Kier molecular flexibility index (Phi) is 4.63. The molecule has 0 aliphatic rings. The van der Waals surface area contributed by atoms with E-state index < -0.39 is 5.82 Å². The van der Waals surface area contributed by atoms with E-state index in [1.165, 1.54) is 36.2 Å². The van der Waals surface area contributed by atoms with Crippen molar-refractivity contribution >= 4 is 11.8 Å². The van der Waals surface area contributed by atoms with Gasteiger partial charge in [-0.15, -0.1) is 0 Å². The molecule has 1 N–H and O–H groups in total. The van der Waals surface area contributed by atoms with Gasteiger partial charge < -0.3 is 10.2 Å². The van der Waals surface area contributed by atoms with E-state index in [1.807, 2.05) is 0 Å². The van der Waals surface area contributed by atoms with Crippen molar-refractivity contribution in [2.24, 2.45) is 0 Å². The Bertz CT molecular complexity index is 403. The molecule has 2 amide bonds. The summed E-state index contributed by atoms with van der Waals surface area (Å²) in [6.45, 7) is 2.32. The van der Waals surface area contributed by atoms with Crippen LogP contribution in [0.1, 0.15) is 17.3 Å². The van der Waals surface area contributed by atoms with Gasteiger partial charge in [0, 0.05) is 19.2 Å². The summed E-state index contributed by atoms with van der Waals surface area (Å²) in [6, 6.07) is 5.22. The van der Waals surface area contributed by atoms with Gasteiger partial charge in [-0.2, -0.15) is 0 Å². The molecule has 0 spiro atoms. The number of hydrogen-bond acceptors (Lipinski definition) is 2. The molecule has 1 aromatic carbocycles. The number of nitrogens with one attached hydrogen (secondary N) is 1. The standard InChI is InChI=1S/C12H15FN2O2/c1-3-14-11(16)8-15(2)12(17)9-4-6-10(13)7-5-9/h4-7H,3,8H2,1-2H3,(H,14,16). The Morgan fingerprint density at radius 1 is 1.29 bits per heavy atom. The molecule has 5 heteroatoms. The van der Waals surface area contributed by atoms with Crippen molar-refractivity contribution in [3.8, 4) is 0 Å². The summed E-state index contributed by atoms with van der Waals surface area (Å²) in [6.07, 6.45) is 0. The van der Waals surface area contributed by atoms with Gasteiger partial charge >= 0.3 is 0 Å². The Labute approximate surface area is 99.4 Å². The highest BCUT2D eigenvalue weighted by Gasteiger charge is 2.14. The Hall–Kier alpha value is -1.91. The quantitative estimate of drug-likeness (QED) is 0.851. The normalized spacial score (nSPS) is 9.82. The molecule has 1 rings (SSSR count). The monoisotopic (exact) mass is 238 g/mol. The fourth-order valence-electron chi connectivity index (χ4n) is 1.35. The minimum absolute atomic E-state index is 0.00987. The maximum absolute atomic E-state index is 12.7. The second-order valence-corrected chi connectivity index (χ2v) is 3.62. The molecule has 0 fully saturated rings. The smallest absolute Gasteiger partial charge is 0.254 e. The maximum atomic E-state index is 12.7. The van der Waals surface area contributed by atoms with E-state index in [9.17, 15) is 14.0 Å². The lowest BCUT2D eigenvalue weighted by atomic mass is 10.2. The summed E-state index contributed by atoms with van der Waals surface area (Å²) in [7, 11) is 1.53. The molecular weight excluding hydrogens is 223 g/mol. The van der Waals surface area contributed by atoms with Gasteiger partial charge in [0.05, 0.1) is 6.54 Å². The van der Waals surface area contributed by atoms with Crippen molar-refractivity contribution in [2.75, 3.05) is 20.1 Å². The average Bonchev–Trinajstić information content (AvgIpc) is 2.29. The molecular formula is C12H15FN2O2. The van der Waals surface area contributed by atoms with Gasteiger partial charge in [-0.05, 0) is 31.2 Å². The fraction of sp³-hybridized carbons (Fsp3) is 0.333. The number of likely N-dealkylation sites (N-methyl/N-ethyl adjacent to an activating group) is 2. The minimum atomic E-state index is -0.395. The van der Waals surface area contributed by atoms with E-state index in [1.54, 1.807) is 6.92 Å². The van der Waals surface area contributed by atoms with Crippen molar-refractivity contribution in [1.29, 1.82) is 0 Å². The van der Waals surface area contributed by atoms with E-state index in [0.717, 1.165) is 0 Å². The van der Waals surface area contributed by atoms with Crippen LogP contribution in [-0.2, 0) is 4.79 Å². The number of benzene rings is 1. The topological polar surface area (TPSA) is 49.4 Å². The van der Waals surface area contributed by atoms with Crippen molar-refractivity contribution in [3.63, 3.8) is 0 Å². The van der Waals surface area contributed by atoms with Crippen LogP contribution in [0.25, 0.3) is 0 Å². The molecule has 0 unspecified atom stereocenters. The van der Waals surface area contributed by atoms with Crippen molar-refractivity contribution in [2.45, 2.75) is 6.92 Å². The van der Waals surface area contributed by atoms with Gasteiger partial charge in [-0.1, -0.05) is 0 Å². The van der Waals surface area contributed by atoms with Crippen LogP contribution in [0, 0.1) is 5.82 Å². The lowest BCUT2D eigenvalue weighted by molar-refractivity contribution is -0.121. The number of carbonyl (C=O) groups is 2. The van der Waals surface area contributed by atoms with E-state index in [2.05, 4.69) is 5.32 Å². The highest BCUT2D eigenvalue weighted by Crippen LogP contribution is 2.05. The number of nitrogens with zero attached hydrogens (tertiary/aromatic N) is 1. The molecule has 0 heterocycles. The summed E-state index contributed by atoms with van der Waals surface area (Å²) in [4.78, 5) is 24.4. The SMILES string of the molecule is CCNC(=O)CN(C)C(=O)c1ccc(F)cc1. The summed E-state index contributed by atoms with van der Waals surface area (Å²) in [5.74, 6) is -0.922. The predicted molar refractivity (Wildman–Crippen MR) is 62.0 cm³/mol. The van der Waals surface area contributed by atoms with Crippen LogP contribution < -0.4 is 5.32 Å². The molecule has 0 atom stereocenters. The van der Waals surface area contributed by atoms with Crippen LogP contribution in [0.15, 0.2) is 24.3 Å². The first kappa shape index (κ1) is 13.2. The van der Waals surface area contributed by atoms with Crippen LogP contribution in [0.3, 0.4) is 0 Å². The first-order valence-corrected chi connectivity index (χ1v) is 5.32. The van der Waals surface area contributed by atoms with Crippen molar-refractivity contribution < 1.29 is 14.0 Å². The van der Waals surface area contributed by atoms with Gasteiger partial charge in [0.25, 0.3) is 5.91 Å². The highest BCUT2D eigenvalue weighted by molar-refractivity contribution is 5.96. The second kappa shape index (κ2) is 5.98. The molecule has 92 valence electrons. The van der Waals surface area contributed by atoms with Crippen LogP contribution in [0.2, 0.25) is 0 Å². The number of hydrogen-bond donors (Lipinski definition) is 1. The third kappa shape index (κ3) is 3.86. The first-order valence-electron chi connectivity index (χ1n) is 5.32. The van der Waals surface area contributed by atoms with E-state index in [-0.39, 0.29) is 18.4 Å². The molecule has 17 heavy (non-hydrogen) atoms. The van der Waals surface area contributed by atoms with Crippen molar-refractivity contribution in [1.82, 2.24) is 10.2 Å². The molecule has 0 aliphatic carbocycles. The van der Waals surface area contributed by atoms with Gasteiger partial charge in [-0.25, -0.2) is 4.39 Å².